The molecule has 1 aliphatic heterocycles. The van der Waals surface area contributed by atoms with Gasteiger partial charge in [-0.3, -0.25) is 4.79 Å². The largest absolute Gasteiger partial charge is 0.356 e. The molecular weight excluding hydrogens is 436 g/mol. The maximum Gasteiger partial charge on any atom is 0.228 e. The quantitative estimate of drug-likeness (QED) is 0.488. The Morgan fingerprint density at radius 3 is 2.35 bits per heavy atom. The Morgan fingerprint density at radius 1 is 1.03 bits per heavy atom. The van der Waals surface area contributed by atoms with Crippen molar-refractivity contribution in [3.05, 3.63) is 88.0 Å². The summed E-state index contributed by atoms with van der Waals surface area (Å²) in [5.41, 5.74) is 6.89. The molecule has 5 nitrogen and oxygen atoms in total. The van der Waals surface area contributed by atoms with Crippen molar-refractivity contribution in [1.82, 2.24) is 0 Å². The molecule has 0 fully saturated rings. The van der Waals surface area contributed by atoms with Gasteiger partial charge in [0.1, 0.15) is 12.6 Å². The van der Waals surface area contributed by atoms with Crippen molar-refractivity contribution in [3.8, 4) is 0 Å². The Hall–Kier alpha value is -3.58. The average molecular weight is 466 g/mol. The van der Waals surface area contributed by atoms with Crippen LogP contribution in [0.1, 0.15) is 36.2 Å². The molecule has 0 saturated heterocycles. The van der Waals surface area contributed by atoms with Gasteiger partial charge in [-0.2, -0.15) is 0 Å². The zero-order valence-electron chi connectivity index (χ0n) is 19.7. The van der Waals surface area contributed by atoms with Crippen LogP contribution in [-0.2, 0) is 22.6 Å². The van der Waals surface area contributed by atoms with Crippen LogP contribution in [0.4, 0.5) is 25.8 Å². The van der Waals surface area contributed by atoms with Crippen molar-refractivity contribution in [2.24, 2.45) is 4.99 Å². The lowest BCUT2D eigenvalue weighted by Crippen LogP contribution is -2.32. The fourth-order valence-corrected chi connectivity index (χ4v) is 3.98. The number of aryl methyl sites for hydroxylation is 2. The van der Waals surface area contributed by atoms with Crippen molar-refractivity contribution in [2.75, 3.05) is 16.9 Å². The van der Waals surface area contributed by atoms with Gasteiger partial charge in [-0.15, -0.1) is 0 Å². The van der Waals surface area contributed by atoms with Gasteiger partial charge < -0.3 is 15.0 Å². The fourth-order valence-electron chi connectivity index (χ4n) is 3.98. The zero-order valence-corrected chi connectivity index (χ0v) is 19.7. The second kappa shape index (κ2) is 9.73. The number of aliphatic imine (C=N–C) groups is 1. The summed E-state index contributed by atoms with van der Waals surface area (Å²) in [6.07, 6.45) is 0.298. The van der Waals surface area contributed by atoms with Gasteiger partial charge in [-0.1, -0.05) is 12.1 Å². The molecule has 0 saturated carbocycles. The first kappa shape index (κ1) is 23.6. The molecule has 1 N–H and O–H groups in total. The van der Waals surface area contributed by atoms with E-state index in [1.807, 2.05) is 41.3 Å². The smallest absolute Gasteiger partial charge is 0.228 e. The third-order valence-electron chi connectivity index (χ3n) is 6.09. The number of halogens is 2. The molecule has 3 aromatic carbocycles. The Bertz CT molecular complexity index is 1250. The monoisotopic (exact) mass is 465 g/mol. The van der Waals surface area contributed by atoms with Crippen LogP contribution in [-0.4, -0.2) is 18.5 Å². The van der Waals surface area contributed by atoms with E-state index < -0.39 is 11.6 Å². The topological polar surface area (TPSA) is 53.9 Å². The number of nitrogens with zero attached hydrogens (tertiary/aromatic N) is 2. The van der Waals surface area contributed by atoms with Gasteiger partial charge >= 0.3 is 0 Å². The average Bonchev–Trinajstić information content (AvgIpc) is 2.77. The minimum absolute atomic E-state index is 0. The van der Waals surface area contributed by atoms with E-state index in [1.165, 1.54) is 16.7 Å². The van der Waals surface area contributed by atoms with E-state index in [0.717, 1.165) is 23.4 Å². The number of benzene rings is 3. The zero-order chi connectivity index (χ0) is 24.4. The highest BCUT2D eigenvalue weighted by atomic mass is 19.2. The first-order valence-corrected chi connectivity index (χ1v) is 11.1. The number of amidine groups is 1. The summed E-state index contributed by atoms with van der Waals surface area (Å²) in [4.78, 5) is 18.9. The molecular formula is C27H29F2N3O2. The highest BCUT2D eigenvalue weighted by Crippen LogP contribution is 2.28. The van der Waals surface area contributed by atoms with Crippen LogP contribution >= 0.6 is 0 Å². The number of carbonyl (C=O) groups excluding carboxylic acids is 1. The van der Waals surface area contributed by atoms with Crippen LogP contribution in [0.2, 0.25) is 0 Å². The first-order chi connectivity index (χ1) is 16.2. The molecule has 34 heavy (non-hydrogen) atoms. The maximum absolute atomic E-state index is 13.7. The minimum atomic E-state index is -0.946. The normalized spacial score (nSPS) is 13.6. The predicted octanol–water partition coefficient (Wildman–Crippen LogP) is 6.36. The van der Waals surface area contributed by atoms with Crippen molar-refractivity contribution in [2.45, 2.75) is 40.7 Å². The molecule has 0 aliphatic carbocycles. The maximum atomic E-state index is 13.7. The standard InChI is InChI=1S/C27H27F2N3O2.H2/c1-16-9-20(10-17(2)18(16)3)11-27(33)31-22-5-7-23(8-6-22)32-15-34-14-21-12-24(28)25(29)13-26(21)30-19(32)4;/h5-10,12-13H,11,14-15H2,1-4H3,(H,31,33);1H. The van der Waals surface area contributed by atoms with E-state index in [0.29, 0.717) is 29.2 Å². The summed E-state index contributed by atoms with van der Waals surface area (Å²) >= 11 is 0. The van der Waals surface area contributed by atoms with E-state index in [-0.39, 0.29) is 20.7 Å². The number of hydrogen-bond acceptors (Lipinski definition) is 4. The van der Waals surface area contributed by atoms with Crippen molar-refractivity contribution in [1.29, 1.82) is 0 Å². The molecule has 0 aromatic heterocycles. The minimum Gasteiger partial charge on any atom is -0.356 e. The molecule has 4 rings (SSSR count). The molecule has 0 bridgehead atoms. The Morgan fingerprint density at radius 2 is 1.68 bits per heavy atom. The fraction of sp³-hybridized carbons (Fsp3) is 0.259. The lowest BCUT2D eigenvalue weighted by Gasteiger charge is -2.26. The van der Waals surface area contributed by atoms with Gasteiger partial charge in [-0.05, 0) is 80.3 Å². The molecule has 7 heteroatoms. The van der Waals surface area contributed by atoms with Crippen molar-refractivity contribution in [3.63, 3.8) is 0 Å². The second-order valence-corrected chi connectivity index (χ2v) is 8.59. The van der Waals surface area contributed by atoms with E-state index in [9.17, 15) is 13.6 Å². The molecule has 0 atom stereocenters. The van der Waals surface area contributed by atoms with Gasteiger partial charge in [0.05, 0.1) is 18.7 Å². The summed E-state index contributed by atoms with van der Waals surface area (Å²) in [5, 5.41) is 2.94. The highest BCUT2D eigenvalue weighted by Gasteiger charge is 2.17. The van der Waals surface area contributed by atoms with Gasteiger partial charge in [0, 0.05) is 24.4 Å². The Labute approximate surface area is 199 Å². The lowest BCUT2D eigenvalue weighted by molar-refractivity contribution is -0.115. The van der Waals surface area contributed by atoms with Crippen LogP contribution in [0.3, 0.4) is 0 Å². The summed E-state index contributed by atoms with van der Waals surface area (Å²) in [6.45, 7) is 8.28. The molecule has 0 spiro atoms. The number of rotatable bonds is 4. The molecule has 1 amide bonds. The predicted molar refractivity (Wildman–Crippen MR) is 133 cm³/mol. The van der Waals surface area contributed by atoms with Crippen LogP contribution in [0, 0.1) is 32.4 Å². The van der Waals surface area contributed by atoms with E-state index >= 15 is 0 Å². The number of amides is 1. The Kier molecular flexibility index (Phi) is 6.75. The number of ether oxygens (including phenoxy) is 1. The molecule has 0 unspecified atom stereocenters. The summed E-state index contributed by atoms with van der Waals surface area (Å²) in [5.74, 6) is -1.38. The van der Waals surface area contributed by atoms with Crippen LogP contribution in [0.5, 0.6) is 0 Å². The van der Waals surface area contributed by atoms with Crippen molar-refractivity contribution >= 4 is 28.8 Å². The number of carbonyl (C=O) groups is 1. The third kappa shape index (κ3) is 5.15. The lowest BCUT2D eigenvalue weighted by atomic mass is 9.99. The molecule has 1 heterocycles. The van der Waals surface area contributed by atoms with E-state index in [4.69, 9.17) is 4.74 Å². The third-order valence-corrected chi connectivity index (χ3v) is 6.09. The SMILES string of the molecule is CC1=Nc2cc(F)c(F)cc2COCN1c1ccc(NC(=O)Cc2cc(C)c(C)c(C)c2)cc1.[HH]. The van der Waals surface area contributed by atoms with Gasteiger partial charge in [0.25, 0.3) is 0 Å². The first-order valence-electron chi connectivity index (χ1n) is 11.1. The van der Waals surface area contributed by atoms with Crippen LogP contribution in [0.15, 0.2) is 53.5 Å². The number of anilines is 2. The summed E-state index contributed by atoms with van der Waals surface area (Å²) in [7, 11) is 0. The highest BCUT2D eigenvalue weighted by molar-refractivity contribution is 5.98. The van der Waals surface area contributed by atoms with Crippen molar-refractivity contribution < 1.29 is 19.7 Å². The Balaban J connectivity index is 0.00000342. The molecule has 178 valence electrons. The van der Waals surface area contributed by atoms with Crippen LogP contribution < -0.4 is 10.2 Å². The number of hydrogen-bond donors (Lipinski definition) is 1. The second-order valence-electron chi connectivity index (χ2n) is 8.59. The number of fused-ring (bicyclic) bond motifs is 1. The summed E-state index contributed by atoms with van der Waals surface area (Å²) in [6, 6.07) is 13.6. The molecule has 1 aliphatic rings. The van der Waals surface area contributed by atoms with Gasteiger partial charge in [0.15, 0.2) is 11.6 Å². The van der Waals surface area contributed by atoms with Gasteiger partial charge in [0.2, 0.25) is 5.91 Å². The summed E-state index contributed by atoms with van der Waals surface area (Å²) < 4.78 is 33.0. The van der Waals surface area contributed by atoms with E-state index in [2.05, 4.69) is 31.1 Å². The molecule has 0 radical (unpaired) electrons. The number of nitrogens with one attached hydrogen (secondary N) is 1. The van der Waals surface area contributed by atoms with E-state index in [1.54, 1.807) is 6.92 Å². The molecule has 3 aromatic rings. The van der Waals surface area contributed by atoms with Gasteiger partial charge in [-0.25, -0.2) is 13.8 Å². The van der Waals surface area contributed by atoms with Crippen LogP contribution in [0.25, 0.3) is 0 Å².